The van der Waals surface area contributed by atoms with Crippen LogP contribution in [-0.4, -0.2) is 19.3 Å². The van der Waals surface area contributed by atoms with Gasteiger partial charge in [-0.25, -0.2) is 0 Å². The molecule has 1 atom stereocenters. The summed E-state index contributed by atoms with van der Waals surface area (Å²) in [7, 11) is 0. The molecule has 0 saturated heterocycles. The third-order valence-electron chi connectivity index (χ3n) is 2.83. The summed E-state index contributed by atoms with van der Waals surface area (Å²) in [5.74, 6) is 1.63. The van der Waals surface area contributed by atoms with Crippen molar-refractivity contribution in [1.82, 2.24) is 5.32 Å². The van der Waals surface area contributed by atoms with Crippen molar-refractivity contribution in [1.29, 1.82) is 0 Å². The van der Waals surface area contributed by atoms with Crippen molar-refractivity contribution in [3.8, 4) is 11.5 Å². The first-order valence-electron chi connectivity index (χ1n) is 6.13. The van der Waals surface area contributed by atoms with Crippen LogP contribution in [0.3, 0.4) is 0 Å². The van der Waals surface area contributed by atoms with Crippen LogP contribution in [0.1, 0.15) is 18.9 Å². The van der Waals surface area contributed by atoms with E-state index in [0.717, 1.165) is 28.9 Å². The van der Waals surface area contributed by atoms with Gasteiger partial charge in [0.25, 0.3) is 0 Å². The predicted octanol–water partition coefficient (Wildman–Crippen LogP) is 3.27. The molecule has 0 radical (unpaired) electrons. The zero-order valence-electron chi connectivity index (χ0n) is 10.5. The molecule has 0 spiro atoms. The summed E-state index contributed by atoms with van der Waals surface area (Å²) in [5, 5.41) is 3.45. The van der Waals surface area contributed by atoms with Gasteiger partial charge in [-0.15, -0.1) is 6.58 Å². The van der Waals surface area contributed by atoms with Crippen molar-refractivity contribution in [3.05, 3.63) is 34.8 Å². The Kier molecular flexibility index (Phi) is 4.66. The lowest BCUT2D eigenvalue weighted by atomic mass is 10.1. The van der Waals surface area contributed by atoms with Gasteiger partial charge in [0, 0.05) is 12.6 Å². The van der Waals surface area contributed by atoms with Gasteiger partial charge in [-0.1, -0.05) is 6.08 Å². The van der Waals surface area contributed by atoms with Crippen LogP contribution >= 0.6 is 15.9 Å². The molecule has 1 unspecified atom stereocenters. The molecule has 1 aromatic carbocycles. The van der Waals surface area contributed by atoms with Crippen molar-refractivity contribution in [2.45, 2.75) is 25.9 Å². The largest absolute Gasteiger partial charge is 0.486 e. The SMILES string of the molecule is C=CCC(C)NCc1cc(Br)c2c(c1)OCCO2. The number of benzene rings is 1. The third kappa shape index (κ3) is 3.27. The topological polar surface area (TPSA) is 30.5 Å². The van der Waals surface area contributed by atoms with Crippen LogP contribution in [0.4, 0.5) is 0 Å². The molecule has 1 N–H and O–H groups in total. The zero-order valence-corrected chi connectivity index (χ0v) is 12.1. The highest BCUT2D eigenvalue weighted by molar-refractivity contribution is 9.10. The third-order valence-corrected chi connectivity index (χ3v) is 3.42. The minimum atomic E-state index is 0.425. The van der Waals surface area contributed by atoms with Crippen LogP contribution in [0.2, 0.25) is 0 Å². The van der Waals surface area contributed by atoms with Gasteiger partial charge in [0.1, 0.15) is 13.2 Å². The first-order valence-corrected chi connectivity index (χ1v) is 6.92. The normalized spacial score (nSPS) is 15.2. The van der Waals surface area contributed by atoms with Crippen LogP contribution < -0.4 is 14.8 Å². The Morgan fingerprint density at radius 3 is 3.00 bits per heavy atom. The number of fused-ring (bicyclic) bond motifs is 1. The highest BCUT2D eigenvalue weighted by Gasteiger charge is 2.16. The van der Waals surface area contributed by atoms with E-state index < -0.39 is 0 Å². The van der Waals surface area contributed by atoms with Crippen LogP contribution in [0.5, 0.6) is 11.5 Å². The van der Waals surface area contributed by atoms with E-state index in [1.54, 1.807) is 0 Å². The summed E-state index contributed by atoms with van der Waals surface area (Å²) < 4.78 is 12.1. The molecule has 0 aromatic heterocycles. The number of ether oxygens (including phenoxy) is 2. The standard InChI is InChI=1S/C14H18BrNO2/c1-3-4-10(2)16-9-11-7-12(15)14-13(8-11)17-5-6-18-14/h3,7-8,10,16H,1,4-6,9H2,2H3. The van der Waals surface area contributed by atoms with E-state index in [2.05, 4.69) is 40.8 Å². The number of nitrogens with one attached hydrogen (secondary N) is 1. The smallest absolute Gasteiger partial charge is 0.175 e. The lowest BCUT2D eigenvalue weighted by Gasteiger charge is -2.21. The van der Waals surface area contributed by atoms with Crippen molar-refractivity contribution >= 4 is 15.9 Å². The molecule has 1 aliphatic rings. The van der Waals surface area contributed by atoms with Gasteiger partial charge < -0.3 is 14.8 Å². The Hall–Kier alpha value is -1.00. The van der Waals surface area contributed by atoms with Crippen molar-refractivity contribution in [2.24, 2.45) is 0 Å². The molecule has 18 heavy (non-hydrogen) atoms. The van der Waals surface area contributed by atoms with E-state index >= 15 is 0 Å². The fourth-order valence-corrected chi connectivity index (χ4v) is 2.50. The molecule has 1 aromatic rings. The number of rotatable bonds is 5. The summed E-state index contributed by atoms with van der Waals surface area (Å²) in [6.45, 7) is 7.93. The number of halogens is 1. The van der Waals surface area contributed by atoms with E-state index in [1.165, 1.54) is 5.56 Å². The van der Waals surface area contributed by atoms with E-state index in [9.17, 15) is 0 Å². The van der Waals surface area contributed by atoms with Crippen LogP contribution in [-0.2, 0) is 6.54 Å². The minimum absolute atomic E-state index is 0.425. The lowest BCUT2D eigenvalue weighted by Crippen LogP contribution is -2.25. The molecular weight excluding hydrogens is 294 g/mol. The van der Waals surface area contributed by atoms with Crippen molar-refractivity contribution in [2.75, 3.05) is 13.2 Å². The van der Waals surface area contributed by atoms with E-state index in [1.807, 2.05) is 12.1 Å². The van der Waals surface area contributed by atoms with Crippen molar-refractivity contribution < 1.29 is 9.47 Å². The van der Waals surface area contributed by atoms with Gasteiger partial charge >= 0.3 is 0 Å². The second kappa shape index (κ2) is 6.25. The number of hydrogen-bond acceptors (Lipinski definition) is 3. The molecule has 98 valence electrons. The van der Waals surface area contributed by atoms with Crippen LogP contribution in [0.25, 0.3) is 0 Å². The van der Waals surface area contributed by atoms with Crippen LogP contribution in [0, 0.1) is 0 Å². The Balaban J connectivity index is 2.05. The van der Waals surface area contributed by atoms with E-state index in [-0.39, 0.29) is 0 Å². The maximum Gasteiger partial charge on any atom is 0.175 e. The highest BCUT2D eigenvalue weighted by atomic mass is 79.9. The quantitative estimate of drug-likeness (QED) is 0.847. The lowest BCUT2D eigenvalue weighted by molar-refractivity contribution is 0.170. The Labute approximate surface area is 116 Å². The second-order valence-electron chi connectivity index (χ2n) is 4.41. The molecular formula is C14H18BrNO2. The molecule has 2 rings (SSSR count). The minimum Gasteiger partial charge on any atom is -0.486 e. The first kappa shape index (κ1) is 13.4. The monoisotopic (exact) mass is 311 g/mol. The Bertz CT molecular complexity index is 434. The summed E-state index contributed by atoms with van der Waals surface area (Å²) in [6.07, 6.45) is 2.89. The molecule has 0 fully saturated rings. The van der Waals surface area contributed by atoms with E-state index in [0.29, 0.717) is 19.3 Å². The predicted molar refractivity (Wildman–Crippen MR) is 76.2 cm³/mol. The maximum atomic E-state index is 5.60. The summed E-state index contributed by atoms with van der Waals surface area (Å²) in [5.41, 5.74) is 1.18. The Morgan fingerprint density at radius 2 is 2.22 bits per heavy atom. The molecule has 0 bridgehead atoms. The highest BCUT2D eigenvalue weighted by Crippen LogP contribution is 2.38. The maximum absolute atomic E-state index is 5.60. The van der Waals surface area contributed by atoms with Gasteiger partial charge in [-0.2, -0.15) is 0 Å². The van der Waals surface area contributed by atoms with Crippen molar-refractivity contribution in [3.63, 3.8) is 0 Å². The number of hydrogen-bond donors (Lipinski definition) is 1. The molecule has 0 aliphatic carbocycles. The molecule has 0 saturated carbocycles. The van der Waals surface area contributed by atoms with E-state index in [4.69, 9.17) is 9.47 Å². The fourth-order valence-electron chi connectivity index (χ4n) is 1.89. The zero-order chi connectivity index (χ0) is 13.0. The summed E-state index contributed by atoms with van der Waals surface area (Å²) in [4.78, 5) is 0. The van der Waals surface area contributed by atoms with Crippen LogP contribution in [0.15, 0.2) is 29.3 Å². The van der Waals surface area contributed by atoms with Gasteiger partial charge in [0.05, 0.1) is 4.47 Å². The molecule has 0 amide bonds. The Morgan fingerprint density at radius 1 is 1.44 bits per heavy atom. The average Bonchev–Trinajstić information content (AvgIpc) is 2.37. The fraction of sp³-hybridized carbons (Fsp3) is 0.429. The first-order chi connectivity index (χ1) is 8.70. The van der Waals surface area contributed by atoms with Gasteiger partial charge in [-0.3, -0.25) is 0 Å². The van der Waals surface area contributed by atoms with Gasteiger partial charge in [0.2, 0.25) is 0 Å². The van der Waals surface area contributed by atoms with Gasteiger partial charge in [0.15, 0.2) is 11.5 Å². The molecule has 1 heterocycles. The average molecular weight is 312 g/mol. The van der Waals surface area contributed by atoms with Gasteiger partial charge in [-0.05, 0) is 47.0 Å². The molecule has 4 heteroatoms. The summed E-state index contributed by atoms with van der Waals surface area (Å²) in [6, 6.07) is 4.53. The summed E-state index contributed by atoms with van der Waals surface area (Å²) >= 11 is 3.52. The second-order valence-corrected chi connectivity index (χ2v) is 5.26. The molecule has 1 aliphatic heterocycles. The molecule has 3 nitrogen and oxygen atoms in total.